The van der Waals surface area contributed by atoms with Crippen molar-refractivity contribution in [3.05, 3.63) is 30.3 Å². The highest BCUT2D eigenvalue weighted by Crippen LogP contribution is 2.04. The van der Waals surface area contributed by atoms with Crippen molar-refractivity contribution in [1.82, 2.24) is 0 Å². The monoisotopic (exact) mass is 240 g/mol. The van der Waals surface area contributed by atoms with Gasteiger partial charge in [0, 0.05) is 0 Å². The largest absolute Gasteiger partial charge is 0.394 e. The molecule has 6 heteroatoms. The third-order valence-electron chi connectivity index (χ3n) is 2.13. The first-order chi connectivity index (χ1) is 8.15. The van der Waals surface area contributed by atoms with Crippen LogP contribution in [0, 0.1) is 0 Å². The molecule has 94 valence electrons. The van der Waals surface area contributed by atoms with Crippen molar-refractivity contribution >= 4 is 11.9 Å². The second-order valence-corrected chi connectivity index (χ2v) is 3.49. The van der Waals surface area contributed by atoms with Crippen LogP contribution in [0.4, 0.5) is 5.69 Å². The Bertz CT molecular complexity index is 345. The number of para-hydroxylation sites is 1. The maximum atomic E-state index is 9.39. The summed E-state index contributed by atoms with van der Waals surface area (Å²) < 4.78 is 0. The number of aliphatic hydroxyl groups is 4. The standard InChI is InChI=1S/C11H16N2O4/c14-7-10(16)11(17)9(15)6-12-13-8-4-2-1-3-5-8/h1-6,9-11,13-17H,7H2/b12-6+/t9-,10+,11-/m1/s1. The highest BCUT2D eigenvalue weighted by Gasteiger charge is 2.22. The van der Waals surface area contributed by atoms with Crippen molar-refractivity contribution in [2.24, 2.45) is 5.10 Å². The Morgan fingerprint density at radius 1 is 1.18 bits per heavy atom. The molecule has 0 aliphatic carbocycles. The van der Waals surface area contributed by atoms with Crippen molar-refractivity contribution in [1.29, 1.82) is 0 Å². The van der Waals surface area contributed by atoms with Gasteiger partial charge in [-0.25, -0.2) is 0 Å². The van der Waals surface area contributed by atoms with Crippen LogP contribution in [-0.2, 0) is 0 Å². The number of hydrazone groups is 1. The maximum absolute atomic E-state index is 9.39. The van der Waals surface area contributed by atoms with Crippen molar-refractivity contribution in [2.45, 2.75) is 18.3 Å². The molecule has 5 N–H and O–H groups in total. The third kappa shape index (κ3) is 4.49. The van der Waals surface area contributed by atoms with E-state index < -0.39 is 24.9 Å². The maximum Gasteiger partial charge on any atom is 0.119 e. The number of rotatable bonds is 6. The van der Waals surface area contributed by atoms with E-state index in [0.29, 0.717) is 0 Å². The topological polar surface area (TPSA) is 105 Å². The molecular weight excluding hydrogens is 224 g/mol. The lowest BCUT2D eigenvalue weighted by Gasteiger charge is -2.18. The summed E-state index contributed by atoms with van der Waals surface area (Å²) in [7, 11) is 0. The Morgan fingerprint density at radius 3 is 2.41 bits per heavy atom. The number of hydrogen-bond donors (Lipinski definition) is 5. The van der Waals surface area contributed by atoms with Crippen LogP contribution in [0.2, 0.25) is 0 Å². The molecule has 0 fully saturated rings. The fraction of sp³-hybridized carbons (Fsp3) is 0.364. The Labute approximate surface area is 98.8 Å². The van der Waals surface area contributed by atoms with E-state index in [9.17, 15) is 10.2 Å². The number of nitrogens with one attached hydrogen (secondary N) is 1. The molecule has 3 atom stereocenters. The van der Waals surface area contributed by atoms with Gasteiger partial charge in [0.1, 0.15) is 18.3 Å². The van der Waals surface area contributed by atoms with Gasteiger partial charge in [0.15, 0.2) is 0 Å². The number of hydrogen-bond acceptors (Lipinski definition) is 6. The van der Waals surface area contributed by atoms with Crippen LogP contribution in [0.5, 0.6) is 0 Å². The van der Waals surface area contributed by atoms with E-state index in [1.807, 2.05) is 18.2 Å². The van der Waals surface area contributed by atoms with Crippen molar-refractivity contribution in [3.63, 3.8) is 0 Å². The lowest BCUT2D eigenvalue weighted by Crippen LogP contribution is -2.40. The molecule has 0 heterocycles. The molecule has 17 heavy (non-hydrogen) atoms. The summed E-state index contributed by atoms with van der Waals surface area (Å²) in [5, 5.41) is 40.0. The number of nitrogens with zero attached hydrogens (tertiary/aromatic N) is 1. The lowest BCUT2D eigenvalue weighted by atomic mass is 10.1. The van der Waals surface area contributed by atoms with Gasteiger partial charge in [-0.15, -0.1) is 0 Å². The van der Waals surface area contributed by atoms with Crippen molar-refractivity contribution in [2.75, 3.05) is 12.0 Å². The van der Waals surface area contributed by atoms with E-state index in [-0.39, 0.29) is 0 Å². The summed E-state index contributed by atoms with van der Waals surface area (Å²) in [5.74, 6) is 0. The minimum Gasteiger partial charge on any atom is -0.394 e. The van der Waals surface area contributed by atoms with Crippen LogP contribution in [0.3, 0.4) is 0 Å². The first-order valence-corrected chi connectivity index (χ1v) is 5.14. The smallest absolute Gasteiger partial charge is 0.119 e. The summed E-state index contributed by atoms with van der Waals surface area (Å²) in [5.41, 5.74) is 3.37. The first kappa shape index (κ1) is 13.6. The van der Waals surface area contributed by atoms with Crippen molar-refractivity contribution in [3.8, 4) is 0 Å². The van der Waals surface area contributed by atoms with E-state index in [1.165, 1.54) is 0 Å². The van der Waals surface area contributed by atoms with Gasteiger partial charge in [-0.3, -0.25) is 5.43 Å². The van der Waals surface area contributed by atoms with Gasteiger partial charge >= 0.3 is 0 Å². The van der Waals surface area contributed by atoms with Gasteiger partial charge in [0.25, 0.3) is 0 Å². The van der Waals surface area contributed by atoms with E-state index in [0.717, 1.165) is 11.9 Å². The second kappa shape index (κ2) is 6.97. The predicted molar refractivity (Wildman–Crippen MR) is 63.7 cm³/mol. The van der Waals surface area contributed by atoms with Crippen LogP contribution in [0.1, 0.15) is 0 Å². The van der Waals surface area contributed by atoms with Crippen LogP contribution in [0.25, 0.3) is 0 Å². The summed E-state index contributed by atoms with van der Waals surface area (Å²) >= 11 is 0. The quantitative estimate of drug-likeness (QED) is 0.329. The molecule has 0 unspecified atom stereocenters. The molecule has 0 aliphatic heterocycles. The normalized spacial score (nSPS) is 16.7. The summed E-state index contributed by atoms with van der Waals surface area (Å²) in [4.78, 5) is 0. The molecule has 0 spiro atoms. The number of anilines is 1. The summed E-state index contributed by atoms with van der Waals surface area (Å²) in [6.07, 6.45) is -3.17. The van der Waals surface area contributed by atoms with E-state index in [2.05, 4.69) is 10.5 Å². The molecule has 0 saturated heterocycles. The van der Waals surface area contributed by atoms with E-state index in [1.54, 1.807) is 12.1 Å². The van der Waals surface area contributed by atoms with Gasteiger partial charge in [0.2, 0.25) is 0 Å². The molecule has 1 rings (SSSR count). The Balaban J connectivity index is 2.43. The fourth-order valence-electron chi connectivity index (χ4n) is 1.12. The minimum absolute atomic E-state index is 0.627. The second-order valence-electron chi connectivity index (χ2n) is 3.49. The van der Waals surface area contributed by atoms with Crippen LogP contribution >= 0.6 is 0 Å². The van der Waals surface area contributed by atoms with Crippen molar-refractivity contribution < 1.29 is 20.4 Å². The van der Waals surface area contributed by atoms with Crippen LogP contribution < -0.4 is 5.43 Å². The summed E-state index contributed by atoms with van der Waals surface area (Å²) in [6, 6.07) is 9.05. The van der Waals surface area contributed by atoms with E-state index in [4.69, 9.17) is 10.2 Å². The third-order valence-corrected chi connectivity index (χ3v) is 2.13. The molecule has 1 aromatic rings. The zero-order valence-electron chi connectivity index (χ0n) is 9.14. The predicted octanol–water partition coefficient (Wildman–Crippen LogP) is -0.841. The first-order valence-electron chi connectivity index (χ1n) is 5.14. The number of aliphatic hydroxyl groups excluding tert-OH is 4. The molecular formula is C11H16N2O4. The van der Waals surface area contributed by atoms with Gasteiger partial charge in [-0.2, -0.15) is 5.10 Å². The zero-order valence-corrected chi connectivity index (χ0v) is 9.14. The highest BCUT2D eigenvalue weighted by molar-refractivity contribution is 5.65. The minimum atomic E-state index is -1.47. The molecule has 0 aromatic heterocycles. The fourth-order valence-corrected chi connectivity index (χ4v) is 1.12. The molecule has 0 amide bonds. The zero-order chi connectivity index (χ0) is 12.7. The molecule has 0 radical (unpaired) electrons. The Morgan fingerprint density at radius 2 is 1.82 bits per heavy atom. The van der Waals surface area contributed by atoms with Gasteiger partial charge < -0.3 is 20.4 Å². The molecule has 0 saturated carbocycles. The average molecular weight is 240 g/mol. The molecule has 1 aromatic carbocycles. The van der Waals surface area contributed by atoms with E-state index >= 15 is 0 Å². The average Bonchev–Trinajstić information content (AvgIpc) is 2.38. The Hall–Kier alpha value is -1.47. The SMILES string of the molecule is OC[C@H](O)[C@H](O)[C@H](O)/C=N/Nc1ccccc1. The van der Waals surface area contributed by atoms with Gasteiger partial charge in [-0.1, -0.05) is 18.2 Å². The lowest BCUT2D eigenvalue weighted by molar-refractivity contribution is -0.0541. The Kier molecular flexibility index (Phi) is 5.58. The number of benzene rings is 1. The van der Waals surface area contributed by atoms with Crippen LogP contribution in [-0.4, -0.2) is 51.6 Å². The highest BCUT2D eigenvalue weighted by atomic mass is 16.4. The van der Waals surface area contributed by atoms with Crippen LogP contribution in [0.15, 0.2) is 35.4 Å². The molecule has 0 aliphatic rings. The molecule has 6 nitrogen and oxygen atoms in total. The summed E-state index contributed by atoms with van der Waals surface area (Å²) in [6.45, 7) is -0.627. The van der Waals surface area contributed by atoms with Gasteiger partial charge in [-0.05, 0) is 12.1 Å². The van der Waals surface area contributed by atoms with Gasteiger partial charge in [0.05, 0.1) is 18.5 Å². The molecule has 0 bridgehead atoms.